The Hall–Kier alpha value is -1.29. The first-order valence-electron chi connectivity index (χ1n) is 6.30. The molecule has 4 nitrogen and oxygen atoms in total. The summed E-state index contributed by atoms with van der Waals surface area (Å²) in [4.78, 5) is 15.9. The van der Waals surface area contributed by atoms with Gasteiger partial charge < -0.3 is 11.1 Å². The van der Waals surface area contributed by atoms with Crippen LogP contribution in [0.15, 0.2) is 12.3 Å². The summed E-state index contributed by atoms with van der Waals surface area (Å²) < 4.78 is 0. The van der Waals surface area contributed by atoms with Crippen LogP contribution in [0.2, 0.25) is 5.02 Å². The molecular weight excluding hydrogens is 250 g/mol. The van der Waals surface area contributed by atoms with Crippen molar-refractivity contribution in [2.24, 2.45) is 11.3 Å². The van der Waals surface area contributed by atoms with Gasteiger partial charge >= 0.3 is 0 Å². The average Bonchev–Trinajstić information content (AvgIpc) is 3.21. The lowest BCUT2D eigenvalue weighted by Crippen LogP contribution is -2.31. The van der Waals surface area contributed by atoms with E-state index in [1.54, 1.807) is 0 Å². The van der Waals surface area contributed by atoms with Crippen molar-refractivity contribution in [3.63, 3.8) is 0 Å². The number of carbonyl (C=O) groups is 1. The molecule has 18 heavy (non-hydrogen) atoms. The Bertz CT molecular complexity index is 495. The fourth-order valence-corrected chi connectivity index (χ4v) is 2.76. The quantitative estimate of drug-likeness (QED) is 0.877. The summed E-state index contributed by atoms with van der Waals surface area (Å²) in [7, 11) is 0. The van der Waals surface area contributed by atoms with Crippen molar-refractivity contribution in [1.29, 1.82) is 0 Å². The molecule has 2 fully saturated rings. The maximum atomic E-state index is 12.1. The van der Waals surface area contributed by atoms with Crippen molar-refractivity contribution in [3.8, 4) is 0 Å². The molecule has 0 aliphatic heterocycles. The molecule has 3 N–H and O–H groups in total. The van der Waals surface area contributed by atoms with Gasteiger partial charge in [0, 0.05) is 12.7 Å². The molecule has 1 amide bonds. The van der Waals surface area contributed by atoms with Crippen molar-refractivity contribution in [2.45, 2.75) is 25.7 Å². The van der Waals surface area contributed by atoms with Gasteiger partial charge in [0.05, 0.1) is 10.6 Å². The van der Waals surface area contributed by atoms with Crippen molar-refractivity contribution in [2.75, 3.05) is 12.3 Å². The fraction of sp³-hybridized carbons (Fsp3) is 0.538. The molecule has 2 aliphatic carbocycles. The Labute approximate surface area is 111 Å². The van der Waals surface area contributed by atoms with Gasteiger partial charge in [0.1, 0.15) is 5.82 Å². The third-order valence-corrected chi connectivity index (χ3v) is 4.36. The number of hydrogen-bond donors (Lipinski definition) is 2. The number of amides is 1. The Kier molecular flexibility index (Phi) is 2.70. The van der Waals surface area contributed by atoms with E-state index in [2.05, 4.69) is 10.3 Å². The van der Waals surface area contributed by atoms with Crippen molar-refractivity contribution in [3.05, 3.63) is 22.8 Å². The van der Waals surface area contributed by atoms with Gasteiger partial charge in [-0.2, -0.15) is 0 Å². The largest absolute Gasteiger partial charge is 0.384 e. The Morgan fingerprint density at radius 3 is 2.89 bits per heavy atom. The molecule has 0 radical (unpaired) electrons. The van der Waals surface area contributed by atoms with E-state index in [0.717, 1.165) is 12.5 Å². The van der Waals surface area contributed by atoms with E-state index < -0.39 is 0 Å². The van der Waals surface area contributed by atoms with Crippen LogP contribution in [0.1, 0.15) is 36.0 Å². The molecule has 0 atom stereocenters. The van der Waals surface area contributed by atoms with Crippen LogP contribution >= 0.6 is 11.6 Å². The number of halogens is 1. The van der Waals surface area contributed by atoms with Crippen molar-refractivity contribution in [1.82, 2.24) is 10.3 Å². The number of aromatic nitrogens is 1. The fourth-order valence-electron chi connectivity index (χ4n) is 2.57. The highest BCUT2D eigenvalue weighted by atomic mass is 35.5. The van der Waals surface area contributed by atoms with Crippen LogP contribution in [0.5, 0.6) is 0 Å². The van der Waals surface area contributed by atoms with Gasteiger partial charge in [0.25, 0.3) is 5.91 Å². The molecule has 3 rings (SSSR count). The molecule has 2 saturated carbocycles. The van der Waals surface area contributed by atoms with E-state index in [1.165, 1.54) is 37.9 Å². The molecular formula is C13H16ClN3O. The van der Waals surface area contributed by atoms with Crippen molar-refractivity contribution >= 4 is 23.3 Å². The number of nitrogens with one attached hydrogen (secondary N) is 1. The summed E-state index contributed by atoms with van der Waals surface area (Å²) in [5, 5.41) is 3.33. The SMILES string of the molecule is Nc1cc(C(=O)NCC2(C3CC3)CC2)c(Cl)cn1. The molecule has 0 unspecified atom stereocenters. The Morgan fingerprint density at radius 2 is 2.28 bits per heavy atom. The molecule has 1 aromatic rings. The van der Waals surface area contributed by atoms with Gasteiger partial charge in [0.15, 0.2) is 0 Å². The molecule has 5 heteroatoms. The molecule has 1 heterocycles. The second-order valence-electron chi connectivity index (χ2n) is 5.41. The minimum atomic E-state index is -0.152. The summed E-state index contributed by atoms with van der Waals surface area (Å²) in [6, 6.07) is 1.52. The van der Waals surface area contributed by atoms with Crippen LogP contribution in [-0.2, 0) is 0 Å². The standard InChI is InChI=1S/C13H16ClN3O/c14-10-6-16-11(15)5-9(10)12(18)17-7-13(3-4-13)8-1-2-8/h5-6,8H,1-4,7H2,(H2,15,16)(H,17,18). The number of anilines is 1. The van der Waals surface area contributed by atoms with Gasteiger partial charge in [-0.3, -0.25) is 4.79 Å². The van der Waals surface area contributed by atoms with E-state index in [-0.39, 0.29) is 5.91 Å². The van der Waals surface area contributed by atoms with Crippen LogP contribution in [0, 0.1) is 11.3 Å². The third kappa shape index (κ3) is 2.17. The van der Waals surface area contributed by atoms with E-state index in [0.29, 0.717) is 21.8 Å². The monoisotopic (exact) mass is 265 g/mol. The molecule has 0 spiro atoms. The second kappa shape index (κ2) is 4.12. The summed E-state index contributed by atoms with van der Waals surface area (Å²) in [5.41, 5.74) is 6.37. The Morgan fingerprint density at radius 1 is 1.56 bits per heavy atom. The van der Waals surface area contributed by atoms with E-state index in [9.17, 15) is 4.79 Å². The van der Waals surface area contributed by atoms with Crippen LogP contribution in [-0.4, -0.2) is 17.4 Å². The molecule has 0 saturated heterocycles. The average molecular weight is 266 g/mol. The highest BCUT2D eigenvalue weighted by Crippen LogP contribution is 2.60. The van der Waals surface area contributed by atoms with E-state index >= 15 is 0 Å². The summed E-state index contributed by atoms with van der Waals surface area (Å²) >= 11 is 5.95. The molecule has 2 aliphatic rings. The first-order chi connectivity index (χ1) is 8.61. The maximum absolute atomic E-state index is 12.1. The first kappa shape index (κ1) is 11.8. The van der Waals surface area contributed by atoms with Gasteiger partial charge in [-0.05, 0) is 43.1 Å². The minimum absolute atomic E-state index is 0.152. The number of hydrogen-bond acceptors (Lipinski definition) is 3. The summed E-state index contributed by atoms with van der Waals surface area (Å²) in [5.74, 6) is 0.990. The third-order valence-electron chi connectivity index (χ3n) is 4.06. The van der Waals surface area contributed by atoms with E-state index in [4.69, 9.17) is 17.3 Å². The normalized spacial score (nSPS) is 20.5. The smallest absolute Gasteiger partial charge is 0.253 e. The highest BCUT2D eigenvalue weighted by Gasteiger charge is 2.53. The van der Waals surface area contributed by atoms with Gasteiger partial charge in [-0.15, -0.1) is 0 Å². The number of rotatable bonds is 4. The van der Waals surface area contributed by atoms with Gasteiger partial charge in [-0.25, -0.2) is 4.98 Å². The number of nitrogens with zero attached hydrogens (tertiary/aromatic N) is 1. The van der Waals surface area contributed by atoms with Crippen LogP contribution in [0.3, 0.4) is 0 Å². The number of carbonyl (C=O) groups excluding carboxylic acids is 1. The number of nitrogens with two attached hydrogens (primary N) is 1. The summed E-state index contributed by atoms with van der Waals surface area (Å²) in [6.45, 7) is 0.759. The van der Waals surface area contributed by atoms with Gasteiger partial charge in [0.2, 0.25) is 0 Å². The number of nitrogen functional groups attached to an aromatic ring is 1. The molecule has 0 aromatic carbocycles. The number of pyridine rings is 1. The second-order valence-corrected chi connectivity index (χ2v) is 5.82. The summed E-state index contributed by atoms with van der Waals surface area (Å²) in [6.07, 6.45) is 6.53. The zero-order chi connectivity index (χ0) is 12.8. The lowest BCUT2D eigenvalue weighted by Gasteiger charge is -2.15. The van der Waals surface area contributed by atoms with E-state index in [1.807, 2.05) is 0 Å². The molecule has 0 bridgehead atoms. The zero-order valence-electron chi connectivity index (χ0n) is 10.1. The van der Waals surface area contributed by atoms with Crippen LogP contribution in [0.25, 0.3) is 0 Å². The maximum Gasteiger partial charge on any atom is 0.253 e. The zero-order valence-corrected chi connectivity index (χ0v) is 10.8. The Balaban J connectivity index is 1.65. The lowest BCUT2D eigenvalue weighted by molar-refractivity contribution is 0.0942. The molecule has 1 aromatic heterocycles. The molecule has 96 valence electrons. The predicted molar refractivity (Wildman–Crippen MR) is 70.4 cm³/mol. The van der Waals surface area contributed by atoms with Crippen molar-refractivity contribution < 1.29 is 4.79 Å². The minimum Gasteiger partial charge on any atom is -0.384 e. The van der Waals surface area contributed by atoms with Crippen LogP contribution < -0.4 is 11.1 Å². The topological polar surface area (TPSA) is 68.0 Å². The van der Waals surface area contributed by atoms with Crippen LogP contribution in [0.4, 0.5) is 5.82 Å². The highest BCUT2D eigenvalue weighted by molar-refractivity contribution is 6.33. The lowest BCUT2D eigenvalue weighted by atomic mass is 10.0. The first-order valence-corrected chi connectivity index (χ1v) is 6.68. The predicted octanol–water partition coefficient (Wildman–Crippen LogP) is 2.24. The van der Waals surface area contributed by atoms with Gasteiger partial charge in [-0.1, -0.05) is 11.6 Å².